The van der Waals surface area contributed by atoms with Crippen LogP contribution in [0.4, 0.5) is 68.2 Å². The summed E-state index contributed by atoms with van der Waals surface area (Å²) < 4.78 is 4.76. The van der Waals surface area contributed by atoms with Crippen LogP contribution in [0.2, 0.25) is 0 Å². The van der Waals surface area contributed by atoms with Crippen LogP contribution in [0, 0.1) is 0 Å². The number of aromatic nitrogens is 4. The molecule has 18 aromatic rings. The predicted octanol–water partition coefficient (Wildman–Crippen LogP) is 25.6. The van der Waals surface area contributed by atoms with E-state index >= 15 is 0 Å². The third kappa shape index (κ3) is 11.4. The lowest BCUT2D eigenvalue weighted by molar-refractivity contribution is 1.01. The molecule has 0 unspecified atom stereocenters. The van der Waals surface area contributed by atoms with Gasteiger partial charge in [0.05, 0.1) is 33.5 Å². The van der Waals surface area contributed by atoms with Crippen LogP contribution in [0.1, 0.15) is 0 Å². The van der Waals surface area contributed by atoms with E-state index in [0.29, 0.717) is 0 Å². The summed E-state index contributed by atoms with van der Waals surface area (Å²) in [7, 11) is 0. The molecule has 0 fully saturated rings. The molecule has 4 aromatic heterocycles. The smallest absolute Gasteiger partial charge is 0.140 e. The third-order valence-electron chi connectivity index (χ3n) is 19.2. The lowest BCUT2D eigenvalue weighted by Gasteiger charge is -2.26. The molecule has 0 aliphatic heterocycles. The van der Waals surface area contributed by atoms with E-state index in [0.717, 1.165) is 157 Å². The normalized spacial score (nSPS) is 11.3. The van der Waals surface area contributed by atoms with E-state index in [1.165, 1.54) is 0 Å². The Kier molecular flexibility index (Phi) is 15.8. The second kappa shape index (κ2) is 26.5. The van der Waals surface area contributed by atoms with Crippen LogP contribution < -0.4 is 19.6 Å². The molecule has 0 N–H and O–H groups in total. The van der Waals surface area contributed by atoms with Crippen molar-refractivity contribution >= 4 is 112 Å². The SMILES string of the molecule is c1ccc(-c2cccc(-c3cccc(-c4cc(-n5c6ccc(N(c7ccccc7)c7ccccc7)cc6c6cc(N(c7ccccc7)c7ccccc7)ccc65)nc(-n5c6ccc(N(c7ccccc7)c7ccccc7)cc6c6cc(N(c7ccccc7)c7ccccc7)ccc65)c4)c3)n2)cc1. The molecule has 0 saturated carbocycles. The van der Waals surface area contributed by atoms with Crippen LogP contribution in [-0.4, -0.2) is 19.1 Å². The molecule has 0 bridgehead atoms. The Morgan fingerprint density at radius 2 is 0.412 bits per heavy atom. The number of benzene rings is 14. The largest absolute Gasteiger partial charge is 0.310 e. The number of fused-ring (bicyclic) bond motifs is 6. The van der Waals surface area contributed by atoms with Gasteiger partial charge in [0.1, 0.15) is 11.6 Å². The molecule has 4 heterocycles. The molecular weight excluding hydrogens is 1240 g/mol. The molecule has 0 amide bonds. The Balaban J connectivity index is 0.911. The number of pyridine rings is 2. The van der Waals surface area contributed by atoms with Gasteiger partial charge in [-0.05, 0) is 211 Å². The molecule has 0 radical (unpaired) electrons. The van der Waals surface area contributed by atoms with Crippen molar-refractivity contribution < 1.29 is 0 Å². The number of hydrogen-bond donors (Lipinski definition) is 0. The minimum atomic E-state index is 0.755. The zero-order valence-electron chi connectivity index (χ0n) is 55.7. The first-order valence-corrected chi connectivity index (χ1v) is 34.5. The van der Waals surface area contributed by atoms with E-state index in [2.05, 4.69) is 423 Å². The highest BCUT2D eigenvalue weighted by atomic mass is 15.2. The molecule has 8 nitrogen and oxygen atoms in total. The van der Waals surface area contributed by atoms with Crippen molar-refractivity contribution in [1.82, 2.24) is 19.1 Å². The molecule has 0 spiro atoms. The average Bonchev–Trinajstić information content (AvgIpc) is 1.57. The van der Waals surface area contributed by atoms with E-state index in [-0.39, 0.29) is 0 Å². The second-order valence-electron chi connectivity index (χ2n) is 25.4. The molecule has 14 aromatic carbocycles. The number of hydrogen-bond acceptors (Lipinski definition) is 6. The summed E-state index contributed by atoms with van der Waals surface area (Å²) in [5, 5.41) is 4.29. The molecule has 8 heteroatoms. The van der Waals surface area contributed by atoms with Gasteiger partial charge in [-0.25, -0.2) is 9.97 Å². The number of nitrogens with zero attached hydrogens (tertiary/aromatic N) is 8. The van der Waals surface area contributed by atoms with Gasteiger partial charge in [0.15, 0.2) is 0 Å². The van der Waals surface area contributed by atoms with E-state index in [9.17, 15) is 0 Å². The molecule has 0 aliphatic carbocycles. The second-order valence-corrected chi connectivity index (χ2v) is 25.4. The summed E-state index contributed by atoms with van der Waals surface area (Å²) in [5.41, 5.74) is 22.4. The summed E-state index contributed by atoms with van der Waals surface area (Å²) in [4.78, 5) is 20.7. The highest BCUT2D eigenvalue weighted by Crippen LogP contribution is 2.47. The van der Waals surface area contributed by atoms with Crippen LogP contribution in [-0.2, 0) is 0 Å². The number of rotatable bonds is 17. The predicted molar refractivity (Wildman–Crippen MR) is 426 cm³/mol. The monoisotopic (exact) mass is 1310 g/mol. The van der Waals surface area contributed by atoms with E-state index in [4.69, 9.17) is 9.97 Å². The van der Waals surface area contributed by atoms with Gasteiger partial charge in [-0.15, -0.1) is 0 Å². The van der Waals surface area contributed by atoms with E-state index in [1.54, 1.807) is 0 Å². The Hall–Kier alpha value is -13.8. The summed E-state index contributed by atoms with van der Waals surface area (Å²) in [5.74, 6) is 1.51. The van der Waals surface area contributed by atoms with Gasteiger partial charge in [-0.2, -0.15) is 0 Å². The quantitative estimate of drug-likeness (QED) is 0.0905. The molecule has 0 saturated heterocycles. The zero-order valence-corrected chi connectivity index (χ0v) is 55.7. The molecule has 482 valence electrons. The van der Waals surface area contributed by atoms with Crippen molar-refractivity contribution in [2.45, 2.75) is 0 Å². The first kappa shape index (κ1) is 60.6. The highest BCUT2D eigenvalue weighted by molar-refractivity contribution is 6.14. The van der Waals surface area contributed by atoms with Crippen LogP contribution >= 0.6 is 0 Å². The fraction of sp³-hybridized carbons (Fsp3) is 0. The van der Waals surface area contributed by atoms with E-state index < -0.39 is 0 Å². The van der Waals surface area contributed by atoms with Gasteiger partial charge < -0.3 is 19.6 Å². The Morgan fingerprint density at radius 3 is 0.706 bits per heavy atom. The number of anilines is 12. The van der Waals surface area contributed by atoms with Crippen LogP contribution in [0.25, 0.3) is 88.9 Å². The topological polar surface area (TPSA) is 48.6 Å². The standard InChI is InChI=1S/C94H66N8/c1-10-30-67(31-11-1)87-50-29-51-88(95-87)69-33-28-32-68(60-69)70-61-93(101-89-56-52-79(97(71-34-12-2-13-35-71)72-36-14-3-15-37-72)63-83(89)84-64-80(53-57-90(84)101)98(73-38-16-4-17-39-73)74-40-18-5-19-41-74)96-94(62-70)102-91-58-54-81(99(75-42-20-6-21-43-75)76-44-22-7-23-45-76)65-85(91)86-66-82(55-59-92(86)102)100(77-46-24-8-25-47-77)78-48-26-9-27-49-78/h1-66H. The van der Waals surface area contributed by atoms with Crippen molar-refractivity contribution in [1.29, 1.82) is 0 Å². The van der Waals surface area contributed by atoms with Crippen molar-refractivity contribution in [3.63, 3.8) is 0 Å². The molecular formula is C94H66N8. The fourth-order valence-electron chi connectivity index (χ4n) is 14.6. The maximum Gasteiger partial charge on any atom is 0.140 e. The van der Waals surface area contributed by atoms with Gasteiger partial charge >= 0.3 is 0 Å². The summed E-state index contributed by atoms with van der Waals surface area (Å²) >= 11 is 0. The first-order chi connectivity index (χ1) is 50.6. The van der Waals surface area contributed by atoms with Crippen molar-refractivity contribution in [3.8, 4) is 45.3 Å². The number of para-hydroxylation sites is 8. The zero-order chi connectivity index (χ0) is 67.7. The van der Waals surface area contributed by atoms with Crippen molar-refractivity contribution in [3.05, 3.63) is 400 Å². The molecule has 0 aliphatic rings. The molecule has 18 rings (SSSR count). The Labute approximate surface area is 592 Å². The maximum atomic E-state index is 6.05. The van der Waals surface area contributed by atoms with Crippen molar-refractivity contribution in [2.24, 2.45) is 0 Å². The van der Waals surface area contributed by atoms with Gasteiger partial charge in [0.25, 0.3) is 0 Å². The minimum absolute atomic E-state index is 0.755. The lowest BCUT2D eigenvalue weighted by Crippen LogP contribution is -2.09. The minimum Gasteiger partial charge on any atom is -0.310 e. The Bertz CT molecular complexity index is 5250. The third-order valence-corrected chi connectivity index (χ3v) is 19.2. The molecule has 102 heavy (non-hydrogen) atoms. The van der Waals surface area contributed by atoms with Crippen LogP contribution in [0.3, 0.4) is 0 Å². The summed E-state index contributed by atoms with van der Waals surface area (Å²) in [6.45, 7) is 0. The molecule has 0 atom stereocenters. The first-order valence-electron chi connectivity index (χ1n) is 34.5. The summed E-state index contributed by atoms with van der Waals surface area (Å²) in [6, 6.07) is 143. The van der Waals surface area contributed by atoms with E-state index in [1.807, 2.05) is 6.07 Å². The van der Waals surface area contributed by atoms with Crippen LogP contribution in [0.5, 0.6) is 0 Å². The van der Waals surface area contributed by atoms with Gasteiger partial charge in [0.2, 0.25) is 0 Å². The average molecular weight is 1310 g/mol. The van der Waals surface area contributed by atoms with Crippen molar-refractivity contribution in [2.75, 3.05) is 19.6 Å². The van der Waals surface area contributed by atoms with Gasteiger partial charge in [0, 0.05) is 101 Å². The van der Waals surface area contributed by atoms with Gasteiger partial charge in [-0.1, -0.05) is 200 Å². The van der Waals surface area contributed by atoms with Gasteiger partial charge in [-0.3, -0.25) is 9.13 Å². The Morgan fingerprint density at radius 1 is 0.167 bits per heavy atom. The maximum absolute atomic E-state index is 6.05. The summed E-state index contributed by atoms with van der Waals surface area (Å²) in [6.07, 6.45) is 0. The fourth-order valence-corrected chi connectivity index (χ4v) is 14.6. The highest BCUT2D eigenvalue weighted by Gasteiger charge is 2.25. The lowest BCUT2D eigenvalue weighted by atomic mass is 10.0. The van der Waals surface area contributed by atoms with Crippen LogP contribution in [0.15, 0.2) is 400 Å².